The van der Waals surface area contributed by atoms with Crippen LogP contribution in [-0.2, 0) is 16.1 Å². The van der Waals surface area contributed by atoms with Crippen molar-refractivity contribution in [1.82, 2.24) is 9.80 Å². The summed E-state index contributed by atoms with van der Waals surface area (Å²) in [6, 6.07) is 9.69. The first-order valence-electron chi connectivity index (χ1n) is 9.25. The van der Waals surface area contributed by atoms with Crippen molar-refractivity contribution in [2.75, 3.05) is 26.2 Å². The Kier molecular flexibility index (Phi) is 5.39. The van der Waals surface area contributed by atoms with E-state index < -0.39 is 5.60 Å². The zero-order valence-electron chi connectivity index (χ0n) is 15.8. The van der Waals surface area contributed by atoms with Gasteiger partial charge >= 0.3 is 12.2 Å². The van der Waals surface area contributed by atoms with Gasteiger partial charge in [0.15, 0.2) is 0 Å². The van der Waals surface area contributed by atoms with E-state index >= 15 is 0 Å². The molecule has 6 heteroatoms. The summed E-state index contributed by atoms with van der Waals surface area (Å²) < 4.78 is 10.8. The number of amides is 2. The highest BCUT2D eigenvalue weighted by Crippen LogP contribution is 2.32. The fourth-order valence-corrected chi connectivity index (χ4v) is 3.43. The molecule has 0 aliphatic carbocycles. The molecule has 0 spiro atoms. The van der Waals surface area contributed by atoms with Crippen molar-refractivity contribution in [3.8, 4) is 0 Å². The summed E-state index contributed by atoms with van der Waals surface area (Å²) in [4.78, 5) is 27.8. The van der Waals surface area contributed by atoms with Crippen molar-refractivity contribution in [3.63, 3.8) is 0 Å². The van der Waals surface area contributed by atoms with Gasteiger partial charge in [-0.2, -0.15) is 0 Å². The van der Waals surface area contributed by atoms with E-state index in [1.54, 1.807) is 9.80 Å². The van der Waals surface area contributed by atoms with E-state index in [1.165, 1.54) is 0 Å². The smallest absolute Gasteiger partial charge is 0.410 e. The Balaban J connectivity index is 1.39. The molecule has 3 rings (SSSR count). The molecule has 2 aliphatic rings. The van der Waals surface area contributed by atoms with Gasteiger partial charge in [-0.1, -0.05) is 30.3 Å². The van der Waals surface area contributed by atoms with Crippen molar-refractivity contribution >= 4 is 12.2 Å². The van der Waals surface area contributed by atoms with Crippen molar-refractivity contribution in [2.45, 2.75) is 39.4 Å². The van der Waals surface area contributed by atoms with Crippen molar-refractivity contribution < 1.29 is 19.1 Å². The van der Waals surface area contributed by atoms with Crippen LogP contribution in [0.15, 0.2) is 30.3 Å². The van der Waals surface area contributed by atoms with E-state index in [9.17, 15) is 9.59 Å². The number of rotatable bonds is 3. The molecule has 1 atom stereocenters. The number of benzene rings is 1. The first-order valence-corrected chi connectivity index (χ1v) is 9.25. The molecular weight excluding hydrogens is 332 g/mol. The summed E-state index contributed by atoms with van der Waals surface area (Å²) in [6.07, 6.45) is 0.471. The summed E-state index contributed by atoms with van der Waals surface area (Å²) >= 11 is 0. The van der Waals surface area contributed by atoms with Gasteiger partial charge in [0.05, 0.1) is 0 Å². The molecule has 0 unspecified atom stereocenters. The monoisotopic (exact) mass is 360 g/mol. The number of nitrogens with zero attached hydrogens (tertiary/aromatic N) is 2. The molecule has 0 aromatic heterocycles. The van der Waals surface area contributed by atoms with Crippen molar-refractivity contribution in [1.29, 1.82) is 0 Å². The van der Waals surface area contributed by atoms with Crippen LogP contribution in [-0.4, -0.2) is 53.8 Å². The third-order valence-electron chi connectivity index (χ3n) is 4.92. The molecule has 6 nitrogen and oxygen atoms in total. The molecular formula is C20H28N2O4. The Morgan fingerprint density at radius 1 is 1.00 bits per heavy atom. The number of likely N-dealkylation sites (tertiary alicyclic amines) is 2. The molecule has 1 aromatic rings. The van der Waals surface area contributed by atoms with Crippen LogP contribution < -0.4 is 0 Å². The fraction of sp³-hybridized carbons (Fsp3) is 0.600. The zero-order valence-corrected chi connectivity index (χ0v) is 15.8. The van der Waals surface area contributed by atoms with Crippen LogP contribution in [0.3, 0.4) is 0 Å². The summed E-state index contributed by atoms with van der Waals surface area (Å²) in [7, 11) is 0. The fourth-order valence-electron chi connectivity index (χ4n) is 3.43. The van der Waals surface area contributed by atoms with Crippen molar-refractivity contribution in [3.05, 3.63) is 35.9 Å². The molecule has 2 saturated heterocycles. The minimum atomic E-state index is -0.463. The van der Waals surface area contributed by atoms with E-state index in [1.807, 2.05) is 51.1 Å². The molecule has 0 N–H and O–H groups in total. The minimum absolute atomic E-state index is 0.245. The number of hydrogen-bond donors (Lipinski definition) is 0. The SMILES string of the molecule is CC(C)(C)OC(=O)N1CC([C@H]2CCN(C(=O)OCc3ccccc3)C2)C1. The quantitative estimate of drug-likeness (QED) is 0.828. The Hall–Kier alpha value is -2.24. The first-order chi connectivity index (χ1) is 12.3. The Bertz CT molecular complexity index is 635. The van der Waals surface area contributed by atoms with Gasteiger partial charge in [0.1, 0.15) is 12.2 Å². The molecule has 2 aliphatic heterocycles. The highest BCUT2D eigenvalue weighted by atomic mass is 16.6. The molecule has 2 fully saturated rings. The molecule has 0 bridgehead atoms. The average Bonchev–Trinajstić information content (AvgIpc) is 3.00. The lowest BCUT2D eigenvalue weighted by Gasteiger charge is -2.42. The Morgan fingerprint density at radius 3 is 2.31 bits per heavy atom. The van der Waals surface area contributed by atoms with Gasteiger partial charge in [-0.25, -0.2) is 9.59 Å². The molecule has 142 valence electrons. The van der Waals surface area contributed by atoms with Crippen LogP contribution in [0.2, 0.25) is 0 Å². The Morgan fingerprint density at radius 2 is 1.65 bits per heavy atom. The third-order valence-corrected chi connectivity index (χ3v) is 4.92. The maximum atomic E-state index is 12.2. The van der Waals surface area contributed by atoms with Gasteiger partial charge in [0.25, 0.3) is 0 Å². The molecule has 0 saturated carbocycles. The maximum Gasteiger partial charge on any atom is 0.410 e. The molecule has 2 amide bonds. The van der Waals surface area contributed by atoms with E-state index in [2.05, 4.69) is 0 Å². The summed E-state index contributed by atoms with van der Waals surface area (Å²) in [5.74, 6) is 0.868. The van der Waals surface area contributed by atoms with Crippen LogP contribution in [0, 0.1) is 11.8 Å². The highest BCUT2D eigenvalue weighted by molar-refractivity contribution is 5.69. The first kappa shape index (κ1) is 18.5. The number of carbonyl (C=O) groups excluding carboxylic acids is 2. The van der Waals surface area contributed by atoms with Crippen LogP contribution in [0.4, 0.5) is 9.59 Å². The number of ether oxygens (including phenoxy) is 2. The van der Waals surface area contributed by atoms with Gasteiger partial charge < -0.3 is 19.3 Å². The standard InChI is InChI=1S/C20H28N2O4/c1-20(2,3)26-19(24)22-12-17(13-22)16-9-10-21(11-16)18(23)25-14-15-7-5-4-6-8-15/h4-8,16-17H,9-14H2,1-3H3/t16-/m0/s1. The zero-order chi connectivity index (χ0) is 18.7. The number of hydrogen-bond acceptors (Lipinski definition) is 4. The van der Waals surface area contributed by atoms with Crippen LogP contribution >= 0.6 is 0 Å². The second-order valence-corrected chi connectivity index (χ2v) is 8.18. The third kappa shape index (κ3) is 4.68. The second kappa shape index (κ2) is 7.56. The van der Waals surface area contributed by atoms with Crippen LogP contribution in [0.25, 0.3) is 0 Å². The average molecular weight is 360 g/mol. The van der Waals surface area contributed by atoms with Crippen molar-refractivity contribution in [2.24, 2.45) is 11.8 Å². The lowest BCUT2D eigenvalue weighted by atomic mass is 9.85. The van der Waals surface area contributed by atoms with Gasteiger partial charge in [0, 0.05) is 26.2 Å². The normalized spacial score (nSPS) is 20.7. The van der Waals surface area contributed by atoms with Crippen LogP contribution in [0.1, 0.15) is 32.8 Å². The molecule has 0 radical (unpaired) electrons. The second-order valence-electron chi connectivity index (χ2n) is 8.18. The predicted molar refractivity (Wildman–Crippen MR) is 97.6 cm³/mol. The summed E-state index contributed by atoms with van der Waals surface area (Å²) in [5.41, 5.74) is 0.526. The van der Waals surface area contributed by atoms with E-state index in [4.69, 9.17) is 9.47 Å². The summed E-state index contributed by atoms with van der Waals surface area (Å²) in [5, 5.41) is 0. The highest BCUT2D eigenvalue weighted by Gasteiger charge is 2.41. The van der Waals surface area contributed by atoms with E-state index in [0.29, 0.717) is 38.1 Å². The van der Waals surface area contributed by atoms with Gasteiger partial charge in [-0.15, -0.1) is 0 Å². The lowest BCUT2D eigenvalue weighted by Crippen LogP contribution is -2.54. The molecule has 1 aromatic carbocycles. The van der Waals surface area contributed by atoms with Gasteiger partial charge in [-0.3, -0.25) is 0 Å². The molecule has 26 heavy (non-hydrogen) atoms. The number of carbonyl (C=O) groups is 2. The topological polar surface area (TPSA) is 59.1 Å². The Labute approximate surface area is 155 Å². The van der Waals surface area contributed by atoms with Gasteiger partial charge in [0.2, 0.25) is 0 Å². The van der Waals surface area contributed by atoms with Crippen LogP contribution in [0.5, 0.6) is 0 Å². The largest absolute Gasteiger partial charge is 0.445 e. The van der Waals surface area contributed by atoms with E-state index in [-0.39, 0.29) is 12.2 Å². The summed E-state index contributed by atoms with van der Waals surface area (Å²) in [6.45, 7) is 8.78. The molecule has 2 heterocycles. The predicted octanol–water partition coefficient (Wildman–Crippen LogP) is 3.51. The van der Waals surface area contributed by atoms with Gasteiger partial charge in [-0.05, 0) is 44.6 Å². The van der Waals surface area contributed by atoms with E-state index in [0.717, 1.165) is 18.5 Å². The maximum absolute atomic E-state index is 12.2. The lowest BCUT2D eigenvalue weighted by molar-refractivity contribution is -0.0102. The minimum Gasteiger partial charge on any atom is -0.445 e.